The molecule has 3 nitrogen and oxygen atoms in total. The van der Waals surface area contributed by atoms with Gasteiger partial charge in [-0.15, -0.1) is 11.8 Å². The standard InChI is InChI=1S/C11H16N2OS/c1-9(14)10-5-4-6-12-11(10)15-8-7-13(2)3/h4-6H,7-8H2,1-3H3. The van der Waals surface area contributed by atoms with Crippen molar-refractivity contribution in [1.82, 2.24) is 9.88 Å². The van der Waals surface area contributed by atoms with Crippen LogP contribution in [0.5, 0.6) is 0 Å². The minimum atomic E-state index is 0.0791. The number of thioether (sulfide) groups is 1. The third-order valence-corrected chi connectivity index (χ3v) is 2.91. The van der Waals surface area contributed by atoms with Crippen molar-refractivity contribution in [2.45, 2.75) is 11.9 Å². The van der Waals surface area contributed by atoms with Crippen molar-refractivity contribution in [3.05, 3.63) is 23.9 Å². The van der Waals surface area contributed by atoms with Gasteiger partial charge < -0.3 is 4.90 Å². The van der Waals surface area contributed by atoms with Gasteiger partial charge in [0.2, 0.25) is 0 Å². The van der Waals surface area contributed by atoms with E-state index in [1.54, 1.807) is 30.9 Å². The van der Waals surface area contributed by atoms with Crippen molar-refractivity contribution in [3.8, 4) is 0 Å². The van der Waals surface area contributed by atoms with Crippen LogP contribution >= 0.6 is 11.8 Å². The van der Waals surface area contributed by atoms with E-state index in [0.29, 0.717) is 0 Å². The van der Waals surface area contributed by atoms with Gasteiger partial charge in [-0.05, 0) is 33.2 Å². The van der Waals surface area contributed by atoms with E-state index in [4.69, 9.17) is 0 Å². The highest BCUT2D eigenvalue weighted by atomic mass is 32.2. The molecule has 0 fully saturated rings. The van der Waals surface area contributed by atoms with Crippen LogP contribution in [0.3, 0.4) is 0 Å². The van der Waals surface area contributed by atoms with Crippen molar-refractivity contribution in [2.24, 2.45) is 0 Å². The number of Topliss-reactive ketones (excluding diaryl/α,β-unsaturated/α-hetero) is 1. The molecule has 0 aromatic carbocycles. The molecule has 1 heterocycles. The molecule has 1 rings (SSSR count). The summed E-state index contributed by atoms with van der Waals surface area (Å²) in [5.74, 6) is 1.03. The molecule has 4 heteroatoms. The van der Waals surface area contributed by atoms with Crippen LogP contribution in [0.4, 0.5) is 0 Å². The largest absolute Gasteiger partial charge is 0.309 e. The lowest BCUT2D eigenvalue weighted by Gasteiger charge is -2.09. The number of ketones is 1. The molecular weight excluding hydrogens is 208 g/mol. The third kappa shape index (κ3) is 4.01. The van der Waals surface area contributed by atoms with Crippen LogP contribution in [0, 0.1) is 0 Å². The van der Waals surface area contributed by atoms with Crippen molar-refractivity contribution < 1.29 is 4.79 Å². The van der Waals surface area contributed by atoms with Crippen LogP contribution in [-0.2, 0) is 0 Å². The first kappa shape index (κ1) is 12.2. The van der Waals surface area contributed by atoms with E-state index in [1.807, 2.05) is 20.2 Å². The highest BCUT2D eigenvalue weighted by Gasteiger charge is 2.07. The first-order chi connectivity index (χ1) is 7.11. The Morgan fingerprint density at radius 2 is 2.27 bits per heavy atom. The zero-order valence-corrected chi connectivity index (χ0v) is 10.2. The molecule has 0 aliphatic heterocycles. The molecule has 1 aromatic heterocycles. The minimum absolute atomic E-state index is 0.0791. The number of hydrogen-bond acceptors (Lipinski definition) is 4. The molecule has 0 N–H and O–H groups in total. The molecule has 0 aliphatic rings. The number of rotatable bonds is 5. The summed E-state index contributed by atoms with van der Waals surface area (Å²) in [6.45, 7) is 2.56. The SMILES string of the molecule is CC(=O)c1cccnc1SCCN(C)C. The van der Waals surface area contributed by atoms with Crippen LogP contribution in [-0.4, -0.2) is 42.1 Å². The van der Waals surface area contributed by atoms with Gasteiger partial charge in [-0.1, -0.05) is 0 Å². The van der Waals surface area contributed by atoms with E-state index in [1.165, 1.54) is 0 Å². The van der Waals surface area contributed by atoms with Gasteiger partial charge in [-0.2, -0.15) is 0 Å². The average molecular weight is 224 g/mol. The molecule has 0 aliphatic carbocycles. The Balaban J connectivity index is 2.63. The molecule has 1 aromatic rings. The summed E-state index contributed by atoms with van der Waals surface area (Å²) in [4.78, 5) is 17.6. The number of carbonyl (C=O) groups excluding carboxylic acids is 1. The van der Waals surface area contributed by atoms with Crippen molar-refractivity contribution in [2.75, 3.05) is 26.4 Å². The number of pyridine rings is 1. The third-order valence-electron chi connectivity index (χ3n) is 1.93. The lowest BCUT2D eigenvalue weighted by molar-refractivity contribution is 0.101. The van der Waals surface area contributed by atoms with Crippen LogP contribution in [0.1, 0.15) is 17.3 Å². The number of hydrogen-bond donors (Lipinski definition) is 0. The summed E-state index contributed by atoms with van der Waals surface area (Å²) < 4.78 is 0. The van der Waals surface area contributed by atoms with E-state index in [9.17, 15) is 4.79 Å². The molecule has 0 saturated carbocycles. The van der Waals surface area contributed by atoms with Gasteiger partial charge in [0, 0.05) is 24.1 Å². The van der Waals surface area contributed by atoms with Crippen molar-refractivity contribution in [1.29, 1.82) is 0 Å². The van der Waals surface area contributed by atoms with Crippen LogP contribution in [0.25, 0.3) is 0 Å². The predicted molar refractivity (Wildman–Crippen MR) is 63.5 cm³/mol. The number of aromatic nitrogens is 1. The van der Waals surface area contributed by atoms with Gasteiger partial charge in [-0.3, -0.25) is 4.79 Å². The van der Waals surface area contributed by atoms with E-state index >= 15 is 0 Å². The molecule has 15 heavy (non-hydrogen) atoms. The fourth-order valence-electron chi connectivity index (χ4n) is 1.10. The molecule has 0 unspecified atom stereocenters. The average Bonchev–Trinajstić information content (AvgIpc) is 2.17. The summed E-state index contributed by atoms with van der Waals surface area (Å²) in [6.07, 6.45) is 1.73. The monoisotopic (exact) mass is 224 g/mol. The van der Waals surface area contributed by atoms with Crippen LogP contribution in [0.15, 0.2) is 23.4 Å². The Hall–Kier alpha value is -0.870. The van der Waals surface area contributed by atoms with Gasteiger partial charge in [-0.25, -0.2) is 4.98 Å². The lowest BCUT2D eigenvalue weighted by Crippen LogP contribution is -2.15. The molecule has 0 saturated heterocycles. The molecule has 82 valence electrons. The Kier molecular flexibility index (Phi) is 4.78. The highest BCUT2D eigenvalue weighted by Crippen LogP contribution is 2.19. The fourth-order valence-corrected chi connectivity index (χ4v) is 2.25. The second kappa shape index (κ2) is 5.88. The van der Waals surface area contributed by atoms with Crippen LogP contribution in [0.2, 0.25) is 0 Å². The molecule has 0 radical (unpaired) electrons. The summed E-state index contributed by atoms with van der Waals surface area (Å²) in [5.41, 5.74) is 0.723. The zero-order chi connectivity index (χ0) is 11.3. The van der Waals surface area contributed by atoms with E-state index in [2.05, 4.69) is 9.88 Å². The molecule has 0 atom stereocenters. The second-order valence-corrected chi connectivity index (χ2v) is 4.65. The summed E-state index contributed by atoms with van der Waals surface area (Å²) in [5, 5.41) is 0.840. The fraction of sp³-hybridized carbons (Fsp3) is 0.455. The Bertz CT molecular complexity index is 339. The Labute approximate surface area is 94.9 Å². The lowest BCUT2D eigenvalue weighted by atomic mass is 10.2. The van der Waals surface area contributed by atoms with Gasteiger partial charge in [0.1, 0.15) is 5.03 Å². The first-order valence-corrected chi connectivity index (χ1v) is 5.83. The van der Waals surface area contributed by atoms with E-state index in [-0.39, 0.29) is 5.78 Å². The normalized spacial score (nSPS) is 10.7. The second-order valence-electron chi connectivity index (χ2n) is 3.56. The van der Waals surface area contributed by atoms with Gasteiger partial charge in [0.05, 0.1) is 0 Å². The van der Waals surface area contributed by atoms with Crippen molar-refractivity contribution in [3.63, 3.8) is 0 Å². The zero-order valence-electron chi connectivity index (χ0n) is 9.36. The molecular formula is C11H16N2OS. The Morgan fingerprint density at radius 1 is 1.53 bits per heavy atom. The molecule has 0 amide bonds. The Morgan fingerprint density at radius 3 is 2.87 bits per heavy atom. The maximum Gasteiger partial charge on any atom is 0.162 e. The number of nitrogens with zero attached hydrogens (tertiary/aromatic N) is 2. The predicted octanol–water partition coefficient (Wildman–Crippen LogP) is 1.94. The van der Waals surface area contributed by atoms with E-state index in [0.717, 1.165) is 22.9 Å². The van der Waals surface area contributed by atoms with Gasteiger partial charge in [0.25, 0.3) is 0 Å². The molecule has 0 spiro atoms. The molecule has 0 bridgehead atoms. The smallest absolute Gasteiger partial charge is 0.162 e. The maximum atomic E-state index is 11.3. The maximum absolute atomic E-state index is 11.3. The van der Waals surface area contributed by atoms with E-state index < -0.39 is 0 Å². The first-order valence-electron chi connectivity index (χ1n) is 4.84. The van der Waals surface area contributed by atoms with Gasteiger partial charge in [0.15, 0.2) is 5.78 Å². The number of carbonyl (C=O) groups is 1. The quantitative estimate of drug-likeness (QED) is 0.565. The topological polar surface area (TPSA) is 33.2 Å². The summed E-state index contributed by atoms with van der Waals surface area (Å²) in [7, 11) is 4.07. The summed E-state index contributed by atoms with van der Waals surface area (Å²) >= 11 is 1.63. The highest BCUT2D eigenvalue weighted by molar-refractivity contribution is 7.99. The summed E-state index contributed by atoms with van der Waals surface area (Å²) in [6, 6.07) is 3.63. The van der Waals surface area contributed by atoms with Gasteiger partial charge >= 0.3 is 0 Å². The van der Waals surface area contributed by atoms with Crippen molar-refractivity contribution >= 4 is 17.5 Å². The van der Waals surface area contributed by atoms with Crippen LogP contribution < -0.4 is 0 Å². The minimum Gasteiger partial charge on any atom is -0.309 e.